The van der Waals surface area contributed by atoms with Gasteiger partial charge < -0.3 is 9.25 Å². The van der Waals surface area contributed by atoms with Gasteiger partial charge in [-0.1, -0.05) is 29.4 Å². The third-order valence-corrected chi connectivity index (χ3v) is 4.07. The van der Waals surface area contributed by atoms with Crippen LogP contribution >= 0.6 is 0 Å². The largest absolute Gasteiger partial charge is 0.420 e. The third-order valence-electron chi connectivity index (χ3n) is 4.07. The molecule has 3 heterocycles. The first-order chi connectivity index (χ1) is 11.7. The molecule has 124 valence electrons. The quantitative estimate of drug-likeness (QED) is 0.713. The van der Waals surface area contributed by atoms with Gasteiger partial charge in [0.05, 0.1) is 30.5 Å². The smallest absolute Gasteiger partial charge is 0.408 e. The molecule has 1 aliphatic heterocycles. The number of hydrogen-bond donors (Lipinski definition) is 0. The van der Waals surface area contributed by atoms with Crippen LogP contribution < -0.4 is 5.76 Å². The van der Waals surface area contributed by atoms with Crippen LogP contribution in [0.5, 0.6) is 0 Å². The molecule has 8 heteroatoms. The molecule has 0 amide bonds. The fraction of sp³-hybridized carbons (Fsp3) is 0.375. The van der Waals surface area contributed by atoms with Crippen molar-refractivity contribution < 1.29 is 9.25 Å². The highest BCUT2D eigenvalue weighted by atomic mass is 16.6. The highest BCUT2D eigenvalue weighted by Crippen LogP contribution is 2.15. The molecule has 0 N–H and O–H groups in total. The standard InChI is InChI=1S/C16H17N5O3/c1-2-11-7-13(24-18-11)10-20-8-12(17-19-20)9-21-14-5-3-4-6-15(14)23-16(21)22/h3-6,8,13H,2,7,9-10H2,1H3/t13-/m0/s1. The molecule has 0 spiro atoms. The van der Waals surface area contributed by atoms with E-state index in [0.29, 0.717) is 24.4 Å². The summed E-state index contributed by atoms with van der Waals surface area (Å²) in [5.41, 5.74) is 3.07. The number of nitrogens with zero attached hydrogens (tertiary/aromatic N) is 5. The summed E-state index contributed by atoms with van der Waals surface area (Å²) in [7, 11) is 0. The Labute approximate surface area is 137 Å². The molecule has 2 aromatic heterocycles. The number of fused-ring (bicyclic) bond motifs is 1. The van der Waals surface area contributed by atoms with Gasteiger partial charge in [0, 0.05) is 6.42 Å². The molecule has 1 aliphatic rings. The van der Waals surface area contributed by atoms with Crippen LogP contribution in [0, 0.1) is 0 Å². The zero-order chi connectivity index (χ0) is 16.5. The van der Waals surface area contributed by atoms with E-state index in [1.807, 2.05) is 24.4 Å². The lowest BCUT2D eigenvalue weighted by molar-refractivity contribution is 0.0693. The van der Waals surface area contributed by atoms with Crippen molar-refractivity contribution in [2.45, 2.75) is 39.0 Å². The van der Waals surface area contributed by atoms with Gasteiger partial charge in [-0.2, -0.15) is 0 Å². The van der Waals surface area contributed by atoms with Crippen LogP contribution in [0.4, 0.5) is 0 Å². The van der Waals surface area contributed by atoms with Crippen molar-refractivity contribution in [3.8, 4) is 0 Å². The molecular formula is C16H17N5O3. The monoisotopic (exact) mass is 327 g/mol. The first-order valence-corrected chi connectivity index (χ1v) is 7.92. The Morgan fingerprint density at radius 1 is 1.33 bits per heavy atom. The third kappa shape index (κ3) is 2.70. The normalized spacial score (nSPS) is 17.2. The summed E-state index contributed by atoms with van der Waals surface area (Å²) in [6.45, 7) is 2.96. The van der Waals surface area contributed by atoms with E-state index in [2.05, 4.69) is 22.4 Å². The molecule has 0 saturated heterocycles. The molecule has 0 bridgehead atoms. The molecule has 3 aromatic rings. The first-order valence-electron chi connectivity index (χ1n) is 7.92. The highest BCUT2D eigenvalue weighted by Gasteiger charge is 2.21. The summed E-state index contributed by atoms with van der Waals surface area (Å²) < 4.78 is 8.50. The number of oxime groups is 1. The van der Waals surface area contributed by atoms with Gasteiger partial charge in [0.25, 0.3) is 0 Å². The molecule has 0 radical (unpaired) electrons. The van der Waals surface area contributed by atoms with Crippen LogP contribution in [0.1, 0.15) is 25.5 Å². The van der Waals surface area contributed by atoms with E-state index in [1.54, 1.807) is 15.3 Å². The van der Waals surface area contributed by atoms with Crippen LogP contribution in [-0.4, -0.2) is 31.4 Å². The summed E-state index contributed by atoms with van der Waals surface area (Å²) in [4.78, 5) is 17.4. The lowest BCUT2D eigenvalue weighted by Gasteiger charge is -2.06. The topological polar surface area (TPSA) is 87.4 Å². The van der Waals surface area contributed by atoms with Gasteiger partial charge in [-0.3, -0.25) is 4.57 Å². The lowest BCUT2D eigenvalue weighted by Crippen LogP contribution is -2.17. The van der Waals surface area contributed by atoms with Crippen LogP contribution in [-0.2, 0) is 17.9 Å². The Kier molecular flexibility index (Phi) is 3.64. The molecule has 8 nitrogen and oxygen atoms in total. The van der Waals surface area contributed by atoms with Crippen molar-refractivity contribution in [2.24, 2.45) is 5.16 Å². The second-order valence-corrected chi connectivity index (χ2v) is 5.80. The van der Waals surface area contributed by atoms with E-state index in [9.17, 15) is 4.79 Å². The van der Waals surface area contributed by atoms with Crippen molar-refractivity contribution >= 4 is 16.8 Å². The molecule has 0 saturated carbocycles. The average Bonchev–Trinajstić information content (AvgIpc) is 3.29. The minimum Gasteiger partial charge on any atom is -0.408 e. The van der Waals surface area contributed by atoms with Gasteiger partial charge in [-0.15, -0.1) is 5.10 Å². The van der Waals surface area contributed by atoms with Crippen LogP contribution in [0.2, 0.25) is 0 Å². The molecule has 0 fully saturated rings. The summed E-state index contributed by atoms with van der Waals surface area (Å²) in [6, 6.07) is 7.32. The van der Waals surface area contributed by atoms with Gasteiger partial charge in [-0.05, 0) is 18.6 Å². The summed E-state index contributed by atoms with van der Waals surface area (Å²) in [5.74, 6) is -0.397. The fourth-order valence-corrected chi connectivity index (χ4v) is 2.83. The van der Waals surface area contributed by atoms with Crippen molar-refractivity contribution in [3.63, 3.8) is 0 Å². The predicted molar refractivity (Wildman–Crippen MR) is 86.8 cm³/mol. The first kappa shape index (κ1) is 14.7. The van der Waals surface area contributed by atoms with Crippen LogP contribution in [0.15, 0.2) is 44.8 Å². The van der Waals surface area contributed by atoms with Gasteiger partial charge in [0.1, 0.15) is 5.69 Å². The summed E-state index contributed by atoms with van der Waals surface area (Å²) >= 11 is 0. The SMILES string of the molecule is CCC1=NO[C@H](Cn2cc(Cn3c(=O)oc4ccccc43)nn2)C1. The van der Waals surface area contributed by atoms with E-state index in [4.69, 9.17) is 9.25 Å². The number of rotatable bonds is 5. The van der Waals surface area contributed by atoms with E-state index < -0.39 is 5.76 Å². The fourth-order valence-electron chi connectivity index (χ4n) is 2.83. The molecule has 4 rings (SSSR count). The average molecular weight is 327 g/mol. The Hall–Kier alpha value is -2.90. The second kappa shape index (κ2) is 5.95. The van der Waals surface area contributed by atoms with Gasteiger partial charge in [0.15, 0.2) is 11.7 Å². The number of benzene rings is 1. The maximum Gasteiger partial charge on any atom is 0.420 e. The highest BCUT2D eigenvalue weighted by molar-refractivity contribution is 5.85. The maximum absolute atomic E-state index is 12.0. The Balaban J connectivity index is 1.49. The number of hydrogen-bond acceptors (Lipinski definition) is 6. The number of oxazole rings is 1. The maximum atomic E-state index is 12.0. The number of aromatic nitrogens is 4. The molecule has 0 aliphatic carbocycles. The second-order valence-electron chi connectivity index (χ2n) is 5.80. The molecule has 0 unspecified atom stereocenters. The molecule has 1 aromatic carbocycles. The predicted octanol–water partition coefficient (Wildman–Crippen LogP) is 1.79. The number of para-hydroxylation sites is 2. The van der Waals surface area contributed by atoms with Crippen LogP contribution in [0.25, 0.3) is 11.1 Å². The van der Waals surface area contributed by atoms with Gasteiger partial charge in [-0.25, -0.2) is 9.48 Å². The Bertz CT molecular complexity index is 952. The van der Waals surface area contributed by atoms with Crippen molar-refractivity contribution in [2.75, 3.05) is 0 Å². The minimum absolute atomic E-state index is 0.00743. The Morgan fingerprint density at radius 2 is 2.21 bits per heavy atom. The van der Waals surface area contributed by atoms with Crippen molar-refractivity contribution in [1.82, 2.24) is 19.6 Å². The van der Waals surface area contributed by atoms with Crippen molar-refractivity contribution in [3.05, 3.63) is 46.7 Å². The zero-order valence-electron chi connectivity index (χ0n) is 13.3. The van der Waals surface area contributed by atoms with Crippen LogP contribution in [0.3, 0.4) is 0 Å². The molecule has 1 atom stereocenters. The van der Waals surface area contributed by atoms with Gasteiger partial charge in [0.2, 0.25) is 0 Å². The zero-order valence-corrected chi connectivity index (χ0v) is 13.3. The van der Waals surface area contributed by atoms with E-state index in [0.717, 1.165) is 24.1 Å². The van der Waals surface area contributed by atoms with E-state index >= 15 is 0 Å². The summed E-state index contributed by atoms with van der Waals surface area (Å²) in [5, 5.41) is 12.3. The van der Waals surface area contributed by atoms with Crippen molar-refractivity contribution in [1.29, 1.82) is 0 Å². The molecular weight excluding hydrogens is 310 g/mol. The minimum atomic E-state index is -0.397. The van der Waals surface area contributed by atoms with E-state index in [1.165, 1.54) is 0 Å². The van der Waals surface area contributed by atoms with Gasteiger partial charge >= 0.3 is 5.76 Å². The lowest BCUT2D eigenvalue weighted by atomic mass is 10.1. The molecule has 24 heavy (non-hydrogen) atoms. The van der Waals surface area contributed by atoms with E-state index in [-0.39, 0.29) is 6.10 Å². The summed E-state index contributed by atoms with van der Waals surface area (Å²) in [6.07, 6.45) is 3.53. The Morgan fingerprint density at radius 3 is 3.04 bits per heavy atom.